The van der Waals surface area contributed by atoms with Gasteiger partial charge in [-0.1, -0.05) is 6.07 Å². The summed E-state index contributed by atoms with van der Waals surface area (Å²) in [5.41, 5.74) is 6.88. The Labute approximate surface area is 107 Å². The highest BCUT2D eigenvalue weighted by Crippen LogP contribution is 2.30. The zero-order chi connectivity index (χ0) is 12.5. The van der Waals surface area contributed by atoms with Crippen LogP contribution in [0, 0.1) is 0 Å². The number of nitrogens with zero attached hydrogens (tertiary/aromatic N) is 1. The number of nitrogens with two attached hydrogens (primary N) is 1. The molecule has 1 aromatic rings. The number of nitrogens with one attached hydrogen (secondary N) is 1. The smallest absolute Gasteiger partial charge is 0.248 e. The Balaban J connectivity index is 1.72. The van der Waals surface area contributed by atoms with Gasteiger partial charge in [0.15, 0.2) is 0 Å². The maximum Gasteiger partial charge on any atom is 0.248 e. The van der Waals surface area contributed by atoms with E-state index in [0.717, 1.165) is 5.69 Å². The largest absolute Gasteiger partial charge is 0.381 e. The molecule has 2 aliphatic rings. The summed E-state index contributed by atoms with van der Waals surface area (Å²) >= 11 is 0. The van der Waals surface area contributed by atoms with Gasteiger partial charge in [-0.2, -0.15) is 0 Å². The summed E-state index contributed by atoms with van der Waals surface area (Å²) in [7, 11) is 0. The highest BCUT2D eigenvalue weighted by molar-refractivity contribution is 5.93. The average molecular weight is 245 g/mol. The molecule has 0 spiro atoms. The average Bonchev–Trinajstić information content (AvgIpc) is 2.94. The lowest BCUT2D eigenvalue weighted by Gasteiger charge is -2.22. The molecule has 0 bridgehead atoms. The van der Waals surface area contributed by atoms with Gasteiger partial charge in [0.1, 0.15) is 0 Å². The third kappa shape index (κ3) is 2.08. The van der Waals surface area contributed by atoms with Gasteiger partial charge in [0.25, 0.3) is 0 Å². The number of amides is 1. The lowest BCUT2D eigenvalue weighted by Crippen LogP contribution is -2.33. The van der Waals surface area contributed by atoms with Gasteiger partial charge in [0.05, 0.1) is 0 Å². The van der Waals surface area contributed by atoms with Gasteiger partial charge in [0, 0.05) is 29.9 Å². The Hall–Kier alpha value is -1.55. The molecule has 2 unspecified atom stereocenters. The number of hydrogen-bond donors (Lipinski definition) is 2. The second-order valence-corrected chi connectivity index (χ2v) is 5.23. The molecule has 2 saturated heterocycles. The fourth-order valence-corrected chi connectivity index (χ4v) is 3.23. The van der Waals surface area contributed by atoms with Crippen molar-refractivity contribution in [2.45, 2.75) is 31.3 Å². The van der Waals surface area contributed by atoms with Gasteiger partial charge < -0.3 is 11.1 Å². The summed E-state index contributed by atoms with van der Waals surface area (Å²) in [4.78, 5) is 13.7. The van der Waals surface area contributed by atoms with Crippen LogP contribution < -0.4 is 11.1 Å². The van der Waals surface area contributed by atoms with Crippen molar-refractivity contribution in [2.75, 3.05) is 18.4 Å². The molecule has 18 heavy (non-hydrogen) atoms. The minimum Gasteiger partial charge on any atom is -0.381 e. The molecular weight excluding hydrogens is 226 g/mol. The topological polar surface area (TPSA) is 58.4 Å². The molecule has 4 heteroatoms. The predicted molar refractivity (Wildman–Crippen MR) is 71.6 cm³/mol. The first-order valence-electron chi connectivity index (χ1n) is 6.64. The van der Waals surface area contributed by atoms with Crippen LogP contribution in [-0.4, -0.2) is 36.0 Å². The van der Waals surface area contributed by atoms with Crippen LogP contribution in [0.1, 0.15) is 29.6 Å². The third-order valence-corrected chi connectivity index (χ3v) is 4.11. The van der Waals surface area contributed by atoms with Crippen LogP contribution in [0.2, 0.25) is 0 Å². The Morgan fingerprint density at radius 3 is 3.06 bits per heavy atom. The van der Waals surface area contributed by atoms with E-state index >= 15 is 0 Å². The van der Waals surface area contributed by atoms with E-state index in [9.17, 15) is 4.79 Å². The summed E-state index contributed by atoms with van der Waals surface area (Å²) in [6, 6.07) is 8.66. The monoisotopic (exact) mass is 245 g/mol. The predicted octanol–water partition coefficient (Wildman–Crippen LogP) is 1.43. The van der Waals surface area contributed by atoms with Gasteiger partial charge >= 0.3 is 0 Å². The number of hydrogen-bond acceptors (Lipinski definition) is 3. The number of carbonyl (C=O) groups excluding carboxylic acids is 1. The number of fused-ring (bicyclic) bond motifs is 1. The van der Waals surface area contributed by atoms with E-state index < -0.39 is 0 Å². The van der Waals surface area contributed by atoms with E-state index in [4.69, 9.17) is 5.73 Å². The fraction of sp³-hybridized carbons (Fsp3) is 0.500. The van der Waals surface area contributed by atoms with Crippen LogP contribution in [0.4, 0.5) is 5.69 Å². The first-order valence-corrected chi connectivity index (χ1v) is 6.64. The molecule has 2 heterocycles. The van der Waals surface area contributed by atoms with Crippen molar-refractivity contribution < 1.29 is 4.79 Å². The molecule has 1 aromatic carbocycles. The van der Waals surface area contributed by atoms with Gasteiger partial charge in [-0.3, -0.25) is 9.69 Å². The fourth-order valence-electron chi connectivity index (χ4n) is 3.23. The molecule has 2 atom stereocenters. The van der Waals surface area contributed by atoms with Gasteiger partial charge in [0.2, 0.25) is 5.91 Å². The molecule has 0 aliphatic carbocycles. The van der Waals surface area contributed by atoms with Gasteiger partial charge in [-0.05, 0) is 44.0 Å². The summed E-state index contributed by atoms with van der Waals surface area (Å²) in [5.74, 6) is -0.368. The molecule has 2 aliphatic heterocycles. The highest BCUT2D eigenvalue weighted by atomic mass is 16.1. The molecule has 0 aromatic heterocycles. The Morgan fingerprint density at radius 2 is 2.22 bits per heavy atom. The first-order chi connectivity index (χ1) is 8.74. The van der Waals surface area contributed by atoms with Crippen molar-refractivity contribution in [3.8, 4) is 0 Å². The molecule has 96 valence electrons. The molecule has 2 fully saturated rings. The minimum atomic E-state index is -0.368. The summed E-state index contributed by atoms with van der Waals surface area (Å²) in [6.45, 7) is 2.43. The Bertz CT molecular complexity index is 460. The lowest BCUT2D eigenvalue weighted by molar-refractivity contribution is 0.100. The number of benzene rings is 1. The number of carbonyl (C=O) groups is 1. The summed E-state index contributed by atoms with van der Waals surface area (Å²) in [5, 5.41) is 3.56. The molecule has 1 amide bonds. The van der Waals surface area contributed by atoms with Crippen LogP contribution >= 0.6 is 0 Å². The second-order valence-electron chi connectivity index (χ2n) is 5.23. The van der Waals surface area contributed by atoms with Crippen molar-refractivity contribution in [1.82, 2.24) is 4.90 Å². The SMILES string of the molecule is NC(=O)c1cccc(NC2CCN3CCCC23)c1. The third-order valence-electron chi connectivity index (χ3n) is 4.11. The summed E-state index contributed by atoms with van der Waals surface area (Å²) in [6.07, 6.45) is 3.78. The van der Waals surface area contributed by atoms with Crippen molar-refractivity contribution in [3.05, 3.63) is 29.8 Å². The van der Waals surface area contributed by atoms with Crippen molar-refractivity contribution >= 4 is 11.6 Å². The molecule has 3 rings (SSSR count). The van der Waals surface area contributed by atoms with Gasteiger partial charge in [-0.15, -0.1) is 0 Å². The first kappa shape index (κ1) is 11.5. The zero-order valence-corrected chi connectivity index (χ0v) is 10.4. The maximum atomic E-state index is 11.2. The summed E-state index contributed by atoms with van der Waals surface area (Å²) < 4.78 is 0. The Morgan fingerprint density at radius 1 is 1.33 bits per heavy atom. The molecule has 0 radical (unpaired) electrons. The number of primary amides is 1. The van der Waals surface area contributed by atoms with E-state index in [-0.39, 0.29) is 5.91 Å². The Kier molecular flexibility index (Phi) is 2.96. The van der Waals surface area contributed by atoms with E-state index in [2.05, 4.69) is 10.2 Å². The highest BCUT2D eigenvalue weighted by Gasteiger charge is 2.36. The zero-order valence-electron chi connectivity index (χ0n) is 10.4. The normalized spacial score (nSPS) is 27.1. The maximum absolute atomic E-state index is 11.2. The second kappa shape index (κ2) is 4.61. The van der Waals surface area contributed by atoms with Crippen LogP contribution in [-0.2, 0) is 0 Å². The van der Waals surface area contributed by atoms with Crippen LogP contribution in [0.15, 0.2) is 24.3 Å². The van der Waals surface area contributed by atoms with Crippen LogP contribution in [0.5, 0.6) is 0 Å². The van der Waals surface area contributed by atoms with Crippen molar-refractivity contribution in [2.24, 2.45) is 5.73 Å². The van der Waals surface area contributed by atoms with E-state index in [0.29, 0.717) is 17.6 Å². The van der Waals surface area contributed by atoms with E-state index in [1.54, 1.807) is 6.07 Å². The number of rotatable bonds is 3. The van der Waals surface area contributed by atoms with Crippen molar-refractivity contribution in [3.63, 3.8) is 0 Å². The number of anilines is 1. The van der Waals surface area contributed by atoms with Gasteiger partial charge in [-0.25, -0.2) is 0 Å². The van der Waals surface area contributed by atoms with Crippen LogP contribution in [0.25, 0.3) is 0 Å². The van der Waals surface area contributed by atoms with Crippen LogP contribution in [0.3, 0.4) is 0 Å². The molecule has 4 nitrogen and oxygen atoms in total. The van der Waals surface area contributed by atoms with E-state index in [1.165, 1.54) is 32.4 Å². The minimum absolute atomic E-state index is 0.368. The standard InChI is InChI=1S/C14H19N3O/c15-14(18)10-3-1-4-11(9-10)16-12-6-8-17-7-2-5-13(12)17/h1,3-4,9,12-13,16H,2,5-8H2,(H2,15,18). The molecule has 0 saturated carbocycles. The van der Waals surface area contributed by atoms with E-state index in [1.807, 2.05) is 18.2 Å². The molecular formula is C14H19N3O. The van der Waals surface area contributed by atoms with Crippen molar-refractivity contribution in [1.29, 1.82) is 0 Å². The lowest BCUT2D eigenvalue weighted by atomic mass is 10.1. The quantitative estimate of drug-likeness (QED) is 0.847. The molecule has 3 N–H and O–H groups in total.